The molecule has 1 aliphatic carbocycles. The van der Waals surface area contributed by atoms with Crippen LogP contribution >= 0.6 is 0 Å². The van der Waals surface area contributed by atoms with Gasteiger partial charge in [0, 0.05) is 29.4 Å². The van der Waals surface area contributed by atoms with Crippen molar-refractivity contribution >= 4 is 5.70 Å². The molecule has 4 rings (SSSR count). The van der Waals surface area contributed by atoms with Crippen LogP contribution in [0.15, 0.2) is 54.3 Å². The summed E-state index contributed by atoms with van der Waals surface area (Å²) in [7, 11) is 0. The third-order valence-corrected chi connectivity index (χ3v) is 7.97. The van der Waals surface area contributed by atoms with Crippen molar-refractivity contribution in [2.24, 2.45) is 5.41 Å². The molecular weight excluding hydrogens is 374 g/mol. The third-order valence-electron chi connectivity index (χ3n) is 7.97. The molecule has 0 aromatic heterocycles. The summed E-state index contributed by atoms with van der Waals surface area (Å²) in [6.07, 6.45) is 14.9. The molecule has 1 aromatic rings. The van der Waals surface area contributed by atoms with Crippen LogP contribution in [0.4, 0.5) is 0 Å². The number of hydrogen-bond acceptors (Lipinski definition) is 1. The van der Waals surface area contributed by atoms with Crippen molar-refractivity contribution in [3.63, 3.8) is 0 Å². The van der Waals surface area contributed by atoms with Gasteiger partial charge in [0.05, 0.1) is 0 Å². The van der Waals surface area contributed by atoms with Gasteiger partial charge in [0.1, 0.15) is 0 Å². The Labute approximate surface area is 190 Å². The zero-order chi connectivity index (χ0) is 22.3. The summed E-state index contributed by atoms with van der Waals surface area (Å²) in [5.74, 6) is 0.608. The van der Waals surface area contributed by atoms with Crippen LogP contribution in [0, 0.1) is 5.41 Å². The van der Waals surface area contributed by atoms with Crippen LogP contribution in [0.1, 0.15) is 101 Å². The summed E-state index contributed by atoms with van der Waals surface area (Å²) in [5, 5.41) is 0. The molecule has 2 atom stereocenters. The first kappa shape index (κ1) is 22.2. The first-order valence-corrected chi connectivity index (χ1v) is 12.5. The number of allylic oxidation sites excluding steroid dienone is 4. The molecule has 0 spiro atoms. The van der Waals surface area contributed by atoms with Crippen LogP contribution in [0.3, 0.4) is 0 Å². The van der Waals surface area contributed by atoms with Crippen molar-refractivity contribution < 1.29 is 0 Å². The molecule has 3 aliphatic rings. The van der Waals surface area contributed by atoms with E-state index in [4.69, 9.17) is 0 Å². The molecule has 0 amide bonds. The van der Waals surface area contributed by atoms with E-state index < -0.39 is 0 Å². The van der Waals surface area contributed by atoms with Gasteiger partial charge in [-0.25, -0.2) is 0 Å². The predicted octanol–water partition coefficient (Wildman–Crippen LogP) is 8.33. The Morgan fingerprint density at radius 2 is 1.90 bits per heavy atom. The minimum atomic E-state index is 0.293. The van der Waals surface area contributed by atoms with E-state index >= 15 is 0 Å². The standard InChI is InChI=1S/C30H41N/c1-8-10-11-12-13-23-18-25-24-14-15-30(6,7)29(24)31-19-27(20(3)4)21(5)16-28(31)26(25)17-22(23)9-2/h16-19,24,29H,3,5,8-15H2,1-2,4,6-7H3. The molecule has 1 nitrogen and oxygen atoms in total. The highest BCUT2D eigenvalue weighted by molar-refractivity contribution is 5.78. The van der Waals surface area contributed by atoms with Gasteiger partial charge in [0.15, 0.2) is 0 Å². The lowest BCUT2D eigenvalue weighted by Gasteiger charge is -2.48. The zero-order valence-corrected chi connectivity index (χ0v) is 20.5. The summed E-state index contributed by atoms with van der Waals surface area (Å²) in [5.41, 5.74) is 11.2. The molecule has 1 fully saturated rings. The molecular formula is C30H41N. The molecule has 1 aromatic carbocycles. The van der Waals surface area contributed by atoms with Crippen molar-refractivity contribution in [3.05, 3.63) is 76.5 Å². The van der Waals surface area contributed by atoms with Gasteiger partial charge in [-0.2, -0.15) is 0 Å². The van der Waals surface area contributed by atoms with Crippen molar-refractivity contribution in [2.75, 3.05) is 0 Å². The summed E-state index contributed by atoms with van der Waals surface area (Å²) >= 11 is 0. The summed E-state index contributed by atoms with van der Waals surface area (Å²) in [4.78, 5) is 2.60. The smallest absolute Gasteiger partial charge is 0.0491 e. The molecule has 2 aliphatic heterocycles. The first-order valence-electron chi connectivity index (χ1n) is 12.5. The van der Waals surface area contributed by atoms with Gasteiger partial charge in [0.2, 0.25) is 0 Å². The topological polar surface area (TPSA) is 3.24 Å². The third kappa shape index (κ3) is 3.86. The van der Waals surface area contributed by atoms with E-state index in [1.54, 1.807) is 11.1 Å². The number of unbranched alkanes of at least 4 members (excludes halogenated alkanes) is 3. The predicted molar refractivity (Wildman–Crippen MR) is 135 cm³/mol. The van der Waals surface area contributed by atoms with E-state index in [-0.39, 0.29) is 0 Å². The number of benzene rings is 1. The van der Waals surface area contributed by atoms with Crippen molar-refractivity contribution in [2.45, 2.75) is 97.9 Å². The molecule has 0 N–H and O–H groups in total. The Morgan fingerprint density at radius 1 is 1.13 bits per heavy atom. The maximum absolute atomic E-state index is 4.39. The quantitative estimate of drug-likeness (QED) is 0.405. The van der Waals surface area contributed by atoms with E-state index in [0.717, 1.165) is 17.6 Å². The maximum atomic E-state index is 4.39. The lowest BCUT2D eigenvalue weighted by Crippen LogP contribution is -2.45. The Morgan fingerprint density at radius 3 is 2.58 bits per heavy atom. The highest BCUT2D eigenvalue weighted by Gasteiger charge is 2.50. The van der Waals surface area contributed by atoms with Crippen LogP contribution in [0.2, 0.25) is 0 Å². The Hall–Kier alpha value is -2.02. The molecule has 2 unspecified atom stereocenters. The monoisotopic (exact) mass is 415 g/mol. The van der Waals surface area contributed by atoms with Gasteiger partial charge in [-0.15, -0.1) is 0 Å². The molecule has 0 bridgehead atoms. The lowest BCUT2D eigenvalue weighted by atomic mass is 9.74. The first-order chi connectivity index (χ1) is 14.8. The number of aryl methyl sites for hydroxylation is 2. The Kier molecular flexibility index (Phi) is 6.08. The van der Waals surface area contributed by atoms with E-state index in [1.165, 1.54) is 67.3 Å². The average molecular weight is 416 g/mol. The van der Waals surface area contributed by atoms with Gasteiger partial charge in [-0.05, 0) is 90.0 Å². The zero-order valence-electron chi connectivity index (χ0n) is 20.5. The minimum Gasteiger partial charge on any atom is -0.343 e. The van der Waals surface area contributed by atoms with E-state index in [0.29, 0.717) is 17.4 Å². The summed E-state index contributed by atoms with van der Waals surface area (Å²) in [6.45, 7) is 20.3. The van der Waals surface area contributed by atoms with Crippen LogP contribution in [0.5, 0.6) is 0 Å². The summed E-state index contributed by atoms with van der Waals surface area (Å²) < 4.78 is 0. The number of fused-ring (bicyclic) bond motifs is 6. The highest BCUT2D eigenvalue weighted by atomic mass is 15.2. The van der Waals surface area contributed by atoms with E-state index in [2.05, 4.69) is 77.1 Å². The fourth-order valence-corrected chi connectivity index (χ4v) is 6.26. The van der Waals surface area contributed by atoms with Gasteiger partial charge in [0.25, 0.3) is 0 Å². The highest BCUT2D eigenvalue weighted by Crippen LogP contribution is 2.56. The van der Waals surface area contributed by atoms with Gasteiger partial charge < -0.3 is 4.90 Å². The van der Waals surface area contributed by atoms with Gasteiger partial charge in [-0.1, -0.05) is 66.2 Å². The van der Waals surface area contributed by atoms with Gasteiger partial charge in [-0.3, -0.25) is 0 Å². The minimum absolute atomic E-state index is 0.293. The van der Waals surface area contributed by atoms with Crippen molar-refractivity contribution in [1.29, 1.82) is 0 Å². The Bertz CT molecular complexity index is 955. The maximum Gasteiger partial charge on any atom is 0.0491 e. The van der Waals surface area contributed by atoms with Crippen LogP contribution in [-0.4, -0.2) is 10.9 Å². The fraction of sp³-hybridized carbons (Fsp3) is 0.533. The lowest BCUT2D eigenvalue weighted by molar-refractivity contribution is 0.195. The fourth-order valence-electron chi connectivity index (χ4n) is 6.26. The largest absolute Gasteiger partial charge is 0.343 e. The molecule has 2 heterocycles. The Balaban J connectivity index is 1.82. The molecule has 0 saturated heterocycles. The molecule has 31 heavy (non-hydrogen) atoms. The van der Waals surface area contributed by atoms with Gasteiger partial charge >= 0.3 is 0 Å². The van der Waals surface area contributed by atoms with Crippen molar-refractivity contribution in [1.82, 2.24) is 4.90 Å². The van der Waals surface area contributed by atoms with E-state index in [9.17, 15) is 0 Å². The molecule has 0 radical (unpaired) electrons. The molecule has 166 valence electrons. The second-order valence-electron chi connectivity index (χ2n) is 10.7. The number of hydrogen-bond donors (Lipinski definition) is 0. The van der Waals surface area contributed by atoms with Crippen LogP contribution in [-0.2, 0) is 12.8 Å². The van der Waals surface area contributed by atoms with Crippen molar-refractivity contribution in [3.8, 4) is 0 Å². The molecule has 1 heteroatoms. The normalized spacial score (nSPS) is 23.6. The number of rotatable bonds is 7. The van der Waals surface area contributed by atoms with E-state index in [1.807, 2.05) is 0 Å². The second-order valence-corrected chi connectivity index (χ2v) is 10.7. The summed E-state index contributed by atoms with van der Waals surface area (Å²) in [6, 6.07) is 5.64. The van der Waals surface area contributed by atoms with Crippen LogP contribution < -0.4 is 0 Å². The second kappa shape index (κ2) is 8.49. The SMILES string of the molecule is C=C(C)C1=CN2C(=CC1=C)c1cc(CC)c(CCCCCC)cc1C1CCC(C)(C)C12. The molecule has 1 saturated carbocycles. The van der Waals surface area contributed by atoms with Crippen LogP contribution in [0.25, 0.3) is 5.70 Å². The average Bonchev–Trinajstić information content (AvgIpc) is 3.05. The number of nitrogens with zero attached hydrogens (tertiary/aromatic N) is 1.